The van der Waals surface area contributed by atoms with Gasteiger partial charge in [0.25, 0.3) is 0 Å². The Morgan fingerprint density at radius 3 is 2.94 bits per heavy atom. The quantitative estimate of drug-likeness (QED) is 0.903. The number of rotatable bonds is 5. The molecule has 0 saturated carbocycles. The summed E-state index contributed by atoms with van der Waals surface area (Å²) in [7, 11) is 4.19. The highest BCUT2D eigenvalue weighted by Gasteiger charge is 2.17. The highest BCUT2D eigenvalue weighted by molar-refractivity contribution is 9.10. The number of nitrogens with zero attached hydrogens (tertiary/aromatic N) is 1. The molecule has 0 fully saturated rings. The first-order valence-corrected chi connectivity index (χ1v) is 7.18. The summed E-state index contributed by atoms with van der Waals surface area (Å²) in [6, 6.07) is 4.78. The third kappa shape index (κ3) is 3.46. The maximum absolute atomic E-state index is 5.73. The summed E-state index contributed by atoms with van der Waals surface area (Å²) in [6.07, 6.45) is 1.02. The zero-order valence-corrected chi connectivity index (χ0v) is 12.9. The Morgan fingerprint density at radius 2 is 2.22 bits per heavy atom. The minimum absolute atomic E-state index is 0.469. The number of halogens is 1. The lowest BCUT2D eigenvalue weighted by molar-refractivity contribution is 0.339. The molecule has 1 aromatic rings. The van der Waals surface area contributed by atoms with Gasteiger partial charge in [-0.25, -0.2) is 0 Å². The van der Waals surface area contributed by atoms with Crippen LogP contribution in [0.4, 0.5) is 0 Å². The van der Waals surface area contributed by atoms with Gasteiger partial charge in [0.15, 0.2) is 0 Å². The summed E-state index contributed by atoms with van der Waals surface area (Å²) < 4.78 is 6.87. The molecule has 1 aliphatic rings. The Morgan fingerprint density at radius 1 is 1.44 bits per heavy atom. The van der Waals surface area contributed by atoms with E-state index < -0.39 is 0 Å². The van der Waals surface area contributed by atoms with E-state index in [2.05, 4.69) is 59.3 Å². The Kier molecular flexibility index (Phi) is 4.65. The van der Waals surface area contributed by atoms with Crippen LogP contribution in [-0.4, -0.2) is 38.2 Å². The molecule has 100 valence electrons. The summed E-state index contributed by atoms with van der Waals surface area (Å²) in [5.74, 6) is 1.09. The molecular weight excluding hydrogens is 292 g/mol. The Balaban J connectivity index is 2.01. The number of benzene rings is 1. The van der Waals surface area contributed by atoms with Gasteiger partial charge in [0.2, 0.25) is 0 Å². The normalized spacial score (nSPS) is 15.6. The number of hydrogen-bond donors (Lipinski definition) is 1. The lowest BCUT2D eigenvalue weighted by Crippen LogP contribution is -2.35. The molecule has 1 unspecified atom stereocenters. The van der Waals surface area contributed by atoms with E-state index in [1.165, 1.54) is 11.1 Å². The standard InChI is InChI=1S/C14H21BrN2O/c1-10(9-17(2)3)16-8-12-7-13(15)6-11-4-5-18-14(11)12/h6-7,10,16H,4-5,8-9H2,1-3H3. The third-order valence-corrected chi connectivity index (χ3v) is 3.56. The molecule has 1 aromatic carbocycles. The van der Waals surface area contributed by atoms with Crippen LogP contribution in [0.25, 0.3) is 0 Å². The zero-order chi connectivity index (χ0) is 13.1. The van der Waals surface area contributed by atoms with E-state index in [1.807, 2.05) is 0 Å². The number of nitrogens with one attached hydrogen (secondary N) is 1. The van der Waals surface area contributed by atoms with E-state index in [1.54, 1.807) is 0 Å². The van der Waals surface area contributed by atoms with Gasteiger partial charge in [0.05, 0.1) is 6.61 Å². The second-order valence-corrected chi connectivity index (χ2v) is 6.11. The fourth-order valence-corrected chi connectivity index (χ4v) is 2.93. The van der Waals surface area contributed by atoms with Crippen LogP contribution in [0.5, 0.6) is 5.75 Å². The molecule has 0 aliphatic carbocycles. The van der Waals surface area contributed by atoms with E-state index in [0.717, 1.165) is 36.3 Å². The third-order valence-electron chi connectivity index (χ3n) is 3.11. The first kappa shape index (κ1) is 13.8. The van der Waals surface area contributed by atoms with Crippen LogP contribution >= 0.6 is 15.9 Å². The average Bonchev–Trinajstić information content (AvgIpc) is 2.72. The smallest absolute Gasteiger partial charge is 0.127 e. The van der Waals surface area contributed by atoms with Crippen molar-refractivity contribution in [3.8, 4) is 5.75 Å². The Hall–Kier alpha value is -0.580. The van der Waals surface area contributed by atoms with Crippen LogP contribution in [0, 0.1) is 0 Å². The van der Waals surface area contributed by atoms with Gasteiger partial charge in [0.1, 0.15) is 5.75 Å². The lowest BCUT2D eigenvalue weighted by atomic mass is 10.1. The minimum Gasteiger partial charge on any atom is -0.493 e. The van der Waals surface area contributed by atoms with Crippen molar-refractivity contribution >= 4 is 15.9 Å². The molecule has 1 N–H and O–H groups in total. The molecule has 1 heterocycles. The van der Waals surface area contributed by atoms with Gasteiger partial charge in [-0.1, -0.05) is 15.9 Å². The molecule has 4 heteroatoms. The van der Waals surface area contributed by atoms with Gasteiger partial charge in [-0.15, -0.1) is 0 Å². The van der Waals surface area contributed by atoms with Gasteiger partial charge in [-0.05, 0) is 38.7 Å². The Bertz CT molecular complexity index is 421. The van der Waals surface area contributed by atoms with Crippen LogP contribution < -0.4 is 10.1 Å². The van der Waals surface area contributed by atoms with Crippen molar-refractivity contribution in [3.05, 3.63) is 27.7 Å². The van der Waals surface area contributed by atoms with Crippen molar-refractivity contribution < 1.29 is 4.74 Å². The molecule has 2 rings (SSSR count). The molecule has 1 atom stereocenters. The average molecular weight is 313 g/mol. The van der Waals surface area contributed by atoms with Crippen molar-refractivity contribution in [2.24, 2.45) is 0 Å². The van der Waals surface area contributed by atoms with Gasteiger partial charge >= 0.3 is 0 Å². The van der Waals surface area contributed by atoms with E-state index in [0.29, 0.717) is 6.04 Å². The fourth-order valence-electron chi connectivity index (χ4n) is 2.37. The van der Waals surface area contributed by atoms with Crippen molar-refractivity contribution in [1.82, 2.24) is 10.2 Å². The molecule has 18 heavy (non-hydrogen) atoms. The molecular formula is C14H21BrN2O. The largest absolute Gasteiger partial charge is 0.493 e. The van der Waals surface area contributed by atoms with Gasteiger partial charge in [0, 0.05) is 35.6 Å². The number of ether oxygens (including phenoxy) is 1. The summed E-state index contributed by atoms with van der Waals surface area (Å²) >= 11 is 3.57. The topological polar surface area (TPSA) is 24.5 Å². The summed E-state index contributed by atoms with van der Waals surface area (Å²) in [6.45, 7) is 4.92. The maximum atomic E-state index is 5.73. The van der Waals surface area contributed by atoms with Gasteiger partial charge in [-0.3, -0.25) is 0 Å². The van der Waals surface area contributed by atoms with Crippen LogP contribution in [-0.2, 0) is 13.0 Å². The van der Waals surface area contributed by atoms with E-state index in [4.69, 9.17) is 4.74 Å². The Labute approximate surface area is 118 Å². The molecule has 0 bridgehead atoms. The second-order valence-electron chi connectivity index (χ2n) is 5.20. The molecule has 0 radical (unpaired) electrons. The zero-order valence-electron chi connectivity index (χ0n) is 11.3. The van der Waals surface area contributed by atoms with Gasteiger partial charge < -0.3 is 15.0 Å². The second kappa shape index (κ2) is 6.04. The predicted molar refractivity (Wildman–Crippen MR) is 78.2 cm³/mol. The van der Waals surface area contributed by atoms with Crippen LogP contribution in [0.3, 0.4) is 0 Å². The van der Waals surface area contributed by atoms with Crippen molar-refractivity contribution in [3.63, 3.8) is 0 Å². The number of fused-ring (bicyclic) bond motifs is 1. The first-order valence-electron chi connectivity index (χ1n) is 6.38. The SMILES string of the molecule is CC(CN(C)C)NCc1cc(Br)cc2c1OCC2. The molecule has 0 amide bonds. The fraction of sp³-hybridized carbons (Fsp3) is 0.571. The number of likely N-dealkylation sites (N-methyl/N-ethyl adjacent to an activating group) is 1. The summed E-state index contributed by atoms with van der Waals surface area (Å²) in [5.41, 5.74) is 2.57. The van der Waals surface area contributed by atoms with Crippen LogP contribution in [0.1, 0.15) is 18.1 Å². The van der Waals surface area contributed by atoms with Gasteiger partial charge in [-0.2, -0.15) is 0 Å². The van der Waals surface area contributed by atoms with Crippen LogP contribution in [0.2, 0.25) is 0 Å². The van der Waals surface area contributed by atoms with Crippen molar-refractivity contribution in [2.75, 3.05) is 27.2 Å². The van der Waals surface area contributed by atoms with E-state index in [-0.39, 0.29) is 0 Å². The summed E-state index contributed by atoms with van der Waals surface area (Å²) in [5, 5.41) is 3.54. The highest BCUT2D eigenvalue weighted by Crippen LogP contribution is 2.32. The maximum Gasteiger partial charge on any atom is 0.127 e. The van der Waals surface area contributed by atoms with Crippen molar-refractivity contribution in [2.45, 2.75) is 25.9 Å². The first-order chi connectivity index (χ1) is 8.56. The molecule has 0 aromatic heterocycles. The van der Waals surface area contributed by atoms with E-state index in [9.17, 15) is 0 Å². The highest BCUT2D eigenvalue weighted by atomic mass is 79.9. The molecule has 0 spiro atoms. The number of hydrogen-bond acceptors (Lipinski definition) is 3. The van der Waals surface area contributed by atoms with Crippen molar-refractivity contribution in [1.29, 1.82) is 0 Å². The van der Waals surface area contributed by atoms with Crippen LogP contribution in [0.15, 0.2) is 16.6 Å². The summed E-state index contributed by atoms with van der Waals surface area (Å²) in [4.78, 5) is 2.19. The lowest BCUT2D eigenvalue weighted by Gasteiger charge is -2.19. The molecule has 1 aliphatic heterocycles. The molecule has 0 saturated heterocycles. The minimum atomic E-state index is 0.469. The monoisotopic (exact) mass is 312 g/mol. The predicted octanol–water partition coefficient (Wildman–Crippen LogP) is 2.42. The van der Waals surface area contributed by atoms with E-state index >= 15 is 0 Å². The molecule has 3 nitrogen and oxygen atoms in total.